The minimum Gasteiger partial charge on any atom is -0.481 e. The van der Waals surface area contributed by atoms with Crippen molar-refractivity contribution >= 4 is 11.9 Å². The van der Waals surface area contributed by atoms with Gasteiger partial charge in [-0.05, 0) is 31.7 Å². The molecule has 104 valence electrons. The molecule has 0 bridgehead atoms. The van der Waals surface area contributed by atoms with Crippen LogP contribution in [0.5, 0.6) is 0 Å². The predicted molar refractivity (Wildman–Crippen MR) is 68.9 cm³/mol. The number of aliphatic carboxylic acids is 1. The summed E-state index contributed by atoms with van der Waals surface area (Å²) in [6, 6.07) is 1.63. The van der Waals surface area contributed by atoms with Crippen molar-refractivity contribution < 1.29 is 19.1 Å². The molecule has 5 heteroatoms. The van der Waals surface area contributed by atoms with Gasteiger partial charge in [-0.15, -0.1) is 0 Å². The number of aryl methyl sites for hydroxylation is 1. The zero-order valence-electron chi connectivity index (χ0n) is 11.0. The number of hydrogen-bond acceptors (Lipinski definition) is 3. The van der Waals surface area contributed by atoms with Gasteiger partial charge < -0.3 is 14.8 Å². The molecule has 0 saturated heterocycles. The molecule has 1 aromatic heterocycles. The average Bonchev–Trinajstić information content (AvgIpc) is 2.98. The van der Waals surface area contributed by atoms with E-state index in [9.17, 15) is 9.59 Å². The van der Waals surface area contributed by atoms with Crippen molar-refractivity contribution in [1.82, 2.24) is 5.32 Å². The monoisotopic (exact) mass is 265 g/mol. The summed E-state index contributed by atoms with van der Waals surface area (Å²) in [6.07, 6.45) is 5.05. The van der Waals surface area contributed by atoms with Gasteiger partial charge >= 0.3 is 5.97 Å². The lowest BCUT2D eigenvalue weighted by Crippen LogP contribution is -2.33. The fraction of sp³-hybridized carbons (Fsp3) is 0.571. The standard InChI is InChI=1S/C14H19NO4/c1-2-3-12-11(6-7-19-12)13(16)15-10-5-4-9(8-10)14(17)18/h6-7,9-10H,2-5,8H2,1H3,(H,15,16)(H,17,18)/t9-,10+/m0/s1. The Morgan fingerprint density at radius 3 is 2.89 bits per heavy atom. The maximum Gasteiger partial charge on any atom is 0.306 e. The molecule has 19 heavy (non-hydrogen) atoms. The molecule has 0 radical (unpaired) electrons. The number of carbonyl (C=O) groups is 2. The molecule has 0 unspecified atom stereocenters. The van der Waals surface area contributed by atoms with Crippen LogP contribution in [0.3, 0.4) is 0 Å². The van der Waals surface area contributed by atoms with Gasteiger partial charge in [0.1, 0.15) is 5.76 Å². The minimum atomic E-state index is -0.772. The quantitative estimate of drug-likeness (QED) is 0.855. The molecular weight excluding hydrogens is 246 g/mol. The zero-order chi connectivity index (χ0) is 13.8. The Bertz CT molecular complexity index is 466. The molecule has 5 nitrogen and oxygen atoms in total. The van der Waals surface area contributed by atoms with Crippen LogP contribution in [0.4, 0.5) is 0 Å². The van der Waals surface area contributed by atoms with Crippen LogP contribution in [0.25, 0.3) is 0 Å². The second-order valence-corrected chi connectivity index (χ2v) is 5.03. The van der Waals surface area contributed by atoms with E-state index in [0.717, 1.165) is 19.3 Å². The third-order valence-electron chi connectivity index (χ3n) is 3.58. The second kappa shape index (κ2) is 5.91. The van der Waals surface area contributed by atoms with Gasteiger partial charge in [0, 0.05) is 12.5 Å². The summed E-state index contributed by atoms with van der Waals surface area (Å²) < 4.78 is 5.30. The van der Waals surface area contributed by atoms with E-state index in [4.69, 9.17) is 9.52 Å². The molecule has 1 aliphatic rings. The normalized spacial score (nSPS) is 22.4. The fourth-order valence-corrected chi connectivity index (χ4v) is 2.56. The predicted octanol–water partition coefficient (Wildman–Crippen LogP) is 2.22. The molecule has 2 rings (SSSR count). The summed E-state index contributed by atoms with van der Waals surface area (Å²) in [5.74, 6) is -0.558. The van der Waals surface area contributed by atoms with Crippen molar-refractivity contribution in [3.05, 3.63) is 23.7 Å². The lowest BCUT2D eigenvalue weighted by Gasteiger charge is -2.12. The Morgan fingerprint density at radius 2 is 2.26 bits per heavy atom. The van der Waals surface area contributed by atoms with Gasteiger partial charge in [0.05, 0.1) is 17.7 Å². The summed E-state index contributed by atoms with van der Waals surface area (Å²) in [6.45, 7) is 2.03. The average molecular weight is 265 g/mol. The topological polar surface area (TPSA) is 79.5 Å². The molecule has 1 fully saturated rings. The Kier molecular flexibility index (Phi) is 4.24. The van der Waals surface area contributed by atoms with Gasteiger partial charge in [0.25, 0.3) is 5.91 Å². The van der Waals surface area contributed by atoms with E-state index >= 15 is 0 Å². The molecule has 0 aliphatic heterocycles. The Balaban J connectivity index is 1.94. The number of carbonyl (C=O) groups excluding carboxylic acids is 1. The number of nitrogens with one attached hydrogen (secondary N) is 1. The summed E-state index contributed by atoms with van der Waals surface area (Å²) in [5, 5.41) is 11.8. The van der Waals surface area contributed by atoms with E-state index in [1.165, 1.54) is 6.26 Å². The summed E-state index contributed by atoms with van der Waals surface area (Å²) in [7, 11) is 0. The van der Waals surface area contributed by atoms with Crippen LogP contribution < -0.4 is 5.32 Å². The van der Waals surface area contributed by atoms with Gasteiger partial charge in [0.2, 0.25) is 0 Å². The molecule has 1 aromatic rings. The maximum atomic E-state index is 12.1. The van der Waals surface area contributed by atoms with Crippen molar-refractivity contribution in [2.75, 3.05) is 0 Å². The molecule has 2 atom stereocenters. The number of furan rings is 1. The van der Waals surface area contributed by atoms with Crippen molar-refractivity contribution in [2.45, 2.75) is 45.1 Å². The van der Waals surface area contributed by atoms with Gasteiger partial charge in [-0.3, -0.25) is 9.59 Å². The molecule has 0 spiro atoms. The third kappa shape index (κ3) is 3.16. The summed E-state index contributed by atoms with van der Waals surface area (Å²) >= 11 is 0. The highest BCUT2D eigenvalue weighted by Gasteiger charge is 2.31. The van der Waals surface area contributed by atoms with Gasteiger partial charge in [-0.1, -0.05) is 6.92 Å². The highest BCUT2D eigenvalue weighted by atomic mass is 16.4. The second-order valence-electron chi connectivity index (χ2n) is 5.03. The maximum absolute atomic E-state index is 12.1. The van der Waals surface area contributed by atoms with Crippen LogP contribution >= 0.6 is 0 Å². The van der Waals surface area contributed by atoms with Crippen molar-refractivity contribution in [2.24, 2.45) is 5.92 Å². The first kappa shape index (κ1) is 13.6. The third-order valence-corrected chi connectivity index (χ3v) is 3.58. The highest BCUT2D eigenvalue weighted by Crippen LogP contribution is 2.26. The van der Waals surface area contributed by atoms with E-state index in [0.29, 0.717) is 24.2 Å². The van der Waals surface area contributed by atoms with E-state index in [2.05, 4.69) is 5.32 Å². The van der Waals surface area contributed by atoms with Crippen LogP contribution in [0.15, 0.2) is 16.7 Å². The lowest BCUT2D eigenvalue weighted by molar-refractivity contribution is -0.141. The van der Waals surface area contributed by atoms with E-state index in [-0.39, 0.29) is 17.9 Å². The van der Waals surface area contributed by atoms with Crippen LogP contribution in [-0.2, 0) is 11.2 Å². The first-order chi connectivity index (χ1) is 9.11. The Morgan fingerprint density at radius 1 is 1.47 bits per heavy atom. The molecule has 1 heterocycles. The zero-order valence-corrected chi connectivity index (χ0v) is 11.0. The lowest BCUT2D eigenvalue weighted by atomic mass is 10.1. The Labute approximate surface area is 112 Å². The van der Waals surface area contributed by atoms with Gasteiger partial charge in [-0.2, -0.15) is 0 Å². The molecule has 1 aliphatic carbocycles. The summed E-state index contributed by atoms with van der Waals surface area (Å²) in [4.78, 5) is 23.0. The van der Waals surface area contributed by atoms with Crippen LogP contribution in [0, 0.1) is 5.92 Å². The molecule has 1 amide bonds. The van der Waals surface area contributed by atoms with Crippen LogP contribution in [0.2, 0.25) is 0 Å². The van der Waals surface area contributed by atoms with Crippen LogP contribution in [0.1, 0.15) is 48.7 Å². The summed E-state index contributed by atoms with van der Waals surface area (Å²) in [5.41, 5.74) is 0.570. The first-order valence-corrected chi connectivity index (χ1v) is 6.71. The van der Waals surface area contributed by atoms with Crippen LogP contribution in [-0.4, -0.2) is 23.0 Å². The highest BCUT2D eigenvalue weighted by molar-refractivity contribution is 5.95. The molecule has 1 saturated carbocycles. The first-order valence-electron chi connectivity index (χ1n) is 6.71. The number of hydrogen-bond donors (Lipinski definition) is 2. The number of rotatable bonds is 5. The molecular formula is C14H19NO4. The number of carboxylic acids is 1. The number of amides is 1. The smallest absolute Gasteiger partial charge is 0.306 e. The SMILES string of the molecule is CCCc1occc1C(=O)N[C@@H]1CC[C@H](C(=O)O)C1. The van der Waals surface area contributed by atoms with E-state index in [1.807, 2.05) is 6.92 Å². The molecule has 2 N–H and O–H groups in total. The molecule has 0 aromatic carbocycles. The fourth-order valence-electron chi connectivity index (χ4n) is 2.56. The minimum absolute atomic E-state index is 0.0435. The number of carboxylic acid groups (broad SMARTS) is 1. The van der Waals surface area contributed by atoms with Crippen molar-refractivity contribution in [3.8, 4) is 0 Å². The van der Waals surface area contributed by atoms with Crippen molar-refractivity contribution in [1.29, 1.82) is 0 Å². The largest absolute Gasteiger partial charge is 0.481 e. The van der Waals surface area contributed by atoms with Gasteiger partial charge in [0.15, 0.2) is 0 Å². The van der Waals surface area contributed by atoms with Gasteiger partial charge in [-0.25, -0.2) is 0 Å². The van der Waals surface area contributed by atoms with Crippen molar-refractivity contribution in [3.63, 3.8) is 0 Å². The van der Waals surface area contributed by atoms with E-state index in [1.54, 1.807) is 6.07 Å². The Hall–Kier alpha value is -1.78. The van der Waals surface area contributed by atoms with E-state index < -0.39 is 5.97 Å².